The number of hydrogen-bond acceptors (Lipinski definition) is 6. The summed E-state index contributed by atoms with van der Waals surface area (Å²) in [5.74, 6) is -1.13. The second-order valence-corrected chi connectivity index (χ2v) is 10.9. The summed E-state index contributed by atoms with van der Waals surface area (Å²) in [5, 5.41) is 8.35. The van der Waals surface area contributed by atoms with Crippen LogP contribution < -0.4 is 9.64 Å². The highest BCUT2D eigenvalue weighted by atomic mass is 35.5. The third-order valence-electron chi connectivity index (χ3n) is 7.97. The average molecular weight is 610 g/mol. The van der Waals surface area contributed by atoms with Crippen LogP contribution in [-0.2, 0) is 11.3 Å². The first-order chi connectivity index (χ1) is 20.8. The Balaban J connectivity index is 1.16. The van der Waals surface area contributed by atoms with Crippen molar-refractivity contribution in [2.75, 3.05) is 51.3 Å². The summed E-state index contributed by atoms with van der Waals surface area (Å²) in [6.45, 7) is 2.94. The number of ether oxygens (including phenoxy) is 1. The number of carbonyl (C=O) groups excluding carboxylic acids is 2. The number of methoxy groups -OCH3 is 1. The van der Waals surface area contributed by atoms with E-state index in [0.29, 0.717) is 72.9 Å². The largest absolute Gasteiger partial charge is 0.492 e. The van der Waals surface area contributed by atoms with Crippen LogP contribution in [-0.4, -0.2) is 88.0 Å². The molecule has 4 heterocycles. The maximum absolute atomic E-state index is 15.9. The van der Waals surface area contributed by atoms with Crippen LogP contribution in [0.2, 0.25) is 5.02 Å². The highest BCUT2D eigenvalue weighted by Crippen LogP contribution is 2.35. The Labute approximate surface area is 251 Å². The number of para-hydroxylation sites is 1. The van der Waals surface area contributed by atoms with Crippen LogP contribution >= 0.6 is 11.6 Å². The van der Waals surface area contributed by atoms with Crippen molar-refractivity contribution in [3.05, 3.63) is 76.7 Å². The van der Waals surface area contributed by atoms with Gasteiger partial charge >= 0.3 is 0 Å². The van der Waals surface area contributed by atoms with Gasteiger partial charge in [-0.25, -0.2) is 8.78 Å². The number of hydrogen-bond donors (Lipinski definition) is 1. The third kappa shape index (κ3) is 5.66. The van der Waals surface area contributed by atoms with E-state index in [1.54, 1.807) is 51.1 Å². The fourth-order valence-corrected chi connectivity index (χ4v) is 5.97. The molecule has 2 aliphatic rings. The second kappa shape index (κ2) is 12.0. The molecule has 2 aromatic carbocycles. The fraction of sp³-hybridized carbons (Fsp3) is 0.333. The SMILES string of the molecule is COc1c(F)cccc1N1CCN(C(=O)c2cc3c(Cl)cc(C4=CCCN(C(=O)CCn5ccnn5)C4)c(F)c3[nH]2)CC1. The summed E-state index contributed by atoms with van der Waals surface area (Å²) < 4.78 is 37.0. The van der Waals surface area contributed by atoms with Gasteiger partial charge < -0.3 is 24.4 Å². The van der Waals surface area contributed by atoms with Gasteiger partial charge in [-0.05, 0) is 36.3 Å². The minimum Gasteiger partial charge on any atom is -0.492 e. The number of H-pyrrole nitrogens is 1. The molecule has 2 amide bonds. The summed E-state index contributed by atoms with van der Waals surface area (Å²) in [5.41, 5.74) is 1.96. The zero-order valence-electron chi connectivity index (χ0n) is 23.5. The molecule has 224 valence electrons. The van der Waals surface area contributed by atoms with Gasteiger partial charge in [0.05, 0.1) is 36.1 Å². The standard InChI is InChI=1S/C30H30ClF2N7O3/c1-43-29-23(32)5-2-6-25(29)37-12-14-38(15-13-37)30(42)24-17-21-22(31)16-20(27(33)28(21)35-24)19-4-3-9-39(18-19)26(41)7-10-40-11-8-34-36-40/h2,4-6,8,11,16-17,35H,3,7,9-10,12-15,18H2,1H3. The molecule has 1 saturated heterocycles. The second-order valence-electron chi connectivity index (χ2n) is 10.5. The molecule has 0 bridgehead atoms. The Morgan fingerprint density at radius 2 is 1.91 bits per heavy atom. The van der Waals surface area contributed by atoms with E-state index in [9.17, 15) is 14.0 Å². The Kier molecular flexibility index (Phi) is 8.02. The van der Waals surface area contributed by atoms with Gasteiger partial charge in [0.2, 0.25) is 5.91 Å². The average Bonchev–Trinajstić information content (AvgIpc) is 3.73. The molecule has 0 saturated carbocycles. The number of nitrogens with one attached hydrogen (secondary N) is 1. The van der Waals surface area contributed by atoms with Crippen molar-refractivity contribution >= 4 is 45.6 Å². The molecule has 43 heavy (non-hydrogen) atoms. The molecule has 0 spiro atoms. The molecule has 0 aliphatic carbocycles. The van der Waals surface area contributed by atoms with Gasteiger partial charge in [0, 0.05) is 62.8 Å². The van der Waals surface area contributed by atoms with Crippen molar-refractivity contribution < 1.29 is 23.1 Å². The molecular weight excluding hydrogens is 580 g/mol. The smallest absolute Gasteiger partial charge is 0.270 e. The first-order valence-corrected chi connectivity index (χ1v) is 14.4. The van der Waals surface area contributed by atoms with Gasteiger partial charge in [-0.15, -0.1) is 5.10 Å². The number of nitrogens with zero attached hydrogens (tertiary/aromatic N) is 6. The van der Waals surface area contributed by atoms with Crippen LogP contribution in [0.15, 0.2) is 48.8 Å². The van der Waals surface area contributed by atoms with Crippen LogP contribution in [0.5, 0.6) is 5.75 Å². The number of amides is 2. The number of anilines is 1. The molecule has 0 unspecified atom stereocenters. The van der Waals surface area contributed by atoms with Crippen molar-refractivity contribution in [3.63, 3.8) is 0 Å². The van der Waals surface area contributed by atoms with Crippen molar-refractivity contribution in [1.82, 2.24) is 29.8 Å². The number of aromatic amines is 1. The molecule has 13 heteroatoms. The predicted octanol–water partition coefficient (Wildman–Crippen LogP) is 4.37. The van der Waals surface area contributed by atoms with E-state index < -0.39 is 11.6 Å². The quantitative estimate of drug-likeness (QED) is 0.334. The lowest BCUT2D eigenvalue weighted by Crippen LogP contribution is -2.49. The lowest BCUT2D eigenvalue weighted by molar-refractivity contribution is -0.131. The van der Waals surface area contributed by atoms with E-state index in [2.05, 4.69) is 15.3 Å². The zero-order chi connectivity index (χ0) is 30.1. The monoisotopic (exact) mass is 609 g/mol. The first kappa shape index (κ1) is 28.7. The molecule has 1 N–H and O–H groups in total. The number of fused-ring (bicyclic) bond motifs is 1. The number of halogens is 3. The highest BCUT2D eigenvalue weighted by Gasteiger charge is 2.28. The Bertz CT molecular complexity index is 1700. The lowest BCUT2D eigenvalue weighted by atomic mass is 9.99. The van der Waals surface area contributed by atoms with E-state index in [1.807, 2.05) is 11.0 Å². The van der Waals surface area contributed by atoms with Crippen molar-refractivity contribution in [3.8, 4) is 5.75 Å². The number of benzene rings is 2. The number of rotatable bonds is 7. The van der Waals surface area contributed by atoms with Crippen LogP contribution in [0.3, 0.4) is 0 Å². The Hall–Kier alpha value is -4.45. The number of carbonyl (C=O) groups is 2. The topological polar surface area (TPSA) is 99.6 Å². The van der Waals surface area contributed by atoms with Gasteiger partial charge in [0.25, 0.3) is 5.91 Å². The number of aryl methyl sites for hydroxylation is 1. The zero-order valence-corrected chi connectivity index (χ0v) is 24.3. The minimum absolute atomic E-state index is 0.0580. The Morgan fingerprint density at radius 3 is 2.65 bits per heavy atom. The summed E-state index contributed by atoms with van der Waals surface area (Å²) in [6, 6.07) is 7.89. The maximum Gasteiger partial charge on any atom is 0.270 e. The van der Waals surface area contributed by atoms with Crippen molar-refractivity contribution in [2.24, 2.45) is 0 Å². The van der Waals surface area contributed by atoms with Crippen LogP contribution in [0.25, 0.3) is 16.5 Å². The molecule has 0 atom stereocenters. The lowest BCUT2D eigenvalue weighted by Gasteiger charge is -2.36. The summed E-state index contributed by atoms with van der Waals surface area (Å²) in [7, 11) is 1.43. The maximum atomic E-state index is 15.9. The molecule has 10 nitrogen and oxygen atoms in total. The molecule has 6 rings (SSSR count). The third-order valence-corrected chi connectivity index (χ3v) is 8.28. The van der Waals surface area contributed by atoms with E-state index in [4.69, 9.17) is 16.3 Å². The highest BCUT2D eigenvalue weighted by molar-refractivity contribution is 6.36. The summed E-state index contributed by atoms with van der Waals surface area (Å²) >= 11 is 6.61. The fourth-order valence-electron chi connectivity index (χ4n) is 5.71. The first-order valence-electron chi connectivity index (χ1n) is 14.0. The van der Waals surface area contributed by atoms with Gasteiger partial charge in [-0.1, -0.05) is 29.0 Å². The number of aromatic nitrogens is 4. The number of piperazine rings is 1. The van der Waals surface area contributed by atoms with E-state index in [-0.39, 0.29) is 41.7 Å². The predicted molar refractivity (Wildman–Crippen MR) is 158 cm³/mol. The van der Waals surface area contributed by atoms with E-state index in [0.717, 1.165) is 0 Å². The van der Waals surface area contributed by atoms with Crippen molar-refractivity contribution in [2.45, 2.75) is 19.4 Å². The van der Waals surface area contributed by atoms with Crippen LogP contribution in [0, 0.1) is 11.6 Å². The van der Waals surface area contributed by atoms with Gasteiger partial charge in [0.15, 0.2) is 17.4 Å². The van der Waals surface area contributed by atoms with Gasteiger partial charge in [0.1, 0.15) is 5.69 Å². The molecular formula is C30H30ClF2N7O3. The normalized spacial score (nSPS) is 15.6. The molecule has 2 aromatic heterocycles. The Morgan fingerprint density at radius 1 is 1.09 bits per heavy atom. The molecule has 2 aliphatic heterocycles. The van der Waals surface area contributed by atoms with Gasteiger partial charge in [-0.3, -0.25) is 14.3 Å². The van der Waals surface area contributed by atoms with E-state index in [1.165, 1.54) is 13.2 Å². The summed E-state index contributed by atoms with van der Waals surface area (Å²) in [6.07, 6.45) is 6.01. The van der Waals surface area contributed by atoms with Crippen LogP contribution in [0.4, 0.5) is 14.5 Å². The molecule has 1 fully saturated rings. The molecule has 4 aromatic rings. The molecule has 0 radical (unpaired) electrons. The summed E-state index contributed by atoms with van der Waals surface area (Å²) in [4.78, 5) is 34.6. The van der Waals surface area contributed by atoms with Crippen LogP contribution in [0.1, 0.15) is 28.9 Å². The van der Waals surface area contributed by atoms with Crippen molar-refractivity contribution in [1.29, 1.82) is 0 Å². The minimum atomic E-state index is -0.523. The van der Waals surface area contributed by atoms with Gasteiger partial charge in [-0.2, -0.15) is 0 Å². The van der Waals surface area contributed by atoms with E-state index >= 15 is 4.39 Å².